The largest absolute Gasteiger partial charge is 0.314 e. The van der Waals surface area contributed by atoms with E-state index in [4.69, 9.17) is 0 Å². The number of hydrogen-bond acceptors (Lipinski definition) is 2. The van der Waals surface area contributed by atoms with Crippen LogP contribution in [0.1, 0.15) is 39.5 Å². The Morgan fingerprint density at radius 3 is 2.67 bits per heavy atom. The SMILES string of the molecule is CCCCC(C)NCCCSC. The second-order valence-electron chi connectivity index (χ2n) is 3.34. The van der Waals surface area contributed by atoms with E-state index in [1.807, 2.05) is 11.8 Å². The molecular weight excluding hydrogens is 166 g/mol. The monoisotopic (exact) mass is 189 g/mol. The van der Waals surface area contributed by atoms with E-state index in [1.54, 1.807) is 0 Å². The van der Waals surface area contributed by atoms with Crippen molar-refractivity contribution in [3.63, 3.8) is 0 Å². The lowest BCUT2D eigenvalue weighted by Crippen LogP contribution is -2.27. The standard InChI is InChI=1S/C10H23NS/c1-4-5-7-10(2)11-8-6-9-12-3/h10-11H,4-9H2,1-3H3. The van der Waals surface area contributed by atoms with Crippen LogP contribution >= 0.6 is 11.8 Å². The van der Waals surface area contributed by atoms with Crippen LogP contribution in [0, 0.1) is 0 Å². The molecule has 0 radical (unpaired) electrons. The quantitative estimate of drug-likeness (QED) is 0.589. The number of rotatable bonds is 8. The number of nitrogens with one attached hydrogen (secondary N) is 1. The van der Waals surface area contributed by atoms with Crippen LogP contribution in [-0.2, 0) is 0 Å². The molecule has 12 heavy (non-hydrogen) atoms. The first-order chi connectivity index (χ1) is 5.81. The van der Waals surface area contributed by atoms with E-state index in [0.717, 1.165) is 0 Å². The van der Waals surface area contributed by atoms with Crippen LogP contribution in [-0.4, -0.2) is 24.6 Å². The smallest absolute Gasteiger partial charge is 0.00387 e. The number of thioether (sulfide) groups is 1. The Balaban J connectivity index is 3.02. The highest BCUT2D eigenvalue weighted by atomic mass is 32.2. The lowest BCUT2D eigenvalue weighted by Gasteiger charge is -2.12. The first kappa shape index (κ1) is 12.3. The first-order valence-electron chi connectivity index (χ1n) is 5.03. The summed E-state index contributed by atoms with van der Waals surface area (Å²) in [7, 11) is 0. The summed E-state index contributed by atoms with van der Waals surface area (Å²) in [5.41, 5.74) is 0. The summed E-state index contributed by atoms with van der Waals surface area (Å²) in [5.74, 6) is 1.29. The molecule has 0 bridgehead atoms. The lowest BCUT2D eigenvalue weighted by molar-refractivity contribution is 0.496. The molecule has 1 N–H and O–H groups in total. The van der Waals surface area contributed by atoms with E-state index >= 15 is 0 Å². The highest BCUT2D eigenvalue weighted by Crippen LogP contribution is 2.00. The molecule has 1 unspecified atom stereocenters. The van der Waals surface area contributed by atoms with Crippen LogP contribution in [0.2, 0.25) is 0 Å². The summed E-state index contributed by atoms with van der Waals surface area (Å²) in [6.07, 6.45) is 7.47. The van der Waals surface area contributed by atoms with Crippen LogP contribution in [0.25, 0.3) is 0 Å². The van der Waals surface area contributed by atoms with Gasteiger partial charge in [0.1, 0.15) is 0 Å². The van der Waals surface area contributed by atoms with Crippen LogP contribution < -0.4 is 5.32 Å². The summed E-state index contributed by atoms with van der Waals surface area (Å²) < 4.78 is 0. The van der Waals surface area contributed by atoms with E-state index in [1.165, 1.54) is 38.0 Å². The molecule has 2 heteroatoms. The Kier molecular flexibility index (Phi) is 9.64. The molecule has 0 saturated heterocycles. The van der Waals surface area contributed by atoms with Gasteiger partial charge in [0, 0.05) is 6.04 Å². The van der Waals surface area contributed by atoms with Crippen molar-refractivity contribution in [3.05, 3.63) is 0 Å². The number of hydrogen-bond donors (Lipinski definition) is 1. The van der Waals surface area contributed by atoms with Crippen LogP contribution in [0.4, 0.5) is 0 Å². The molecule has 0 rings (SSSR count). The summed E-state index contributed by atoms with van der Waals surface area (Å²) in [5, 5.41) is 3.54. The minimum atomic E-state index is 0.715. The Morgan fingerprint density at radius 1 is 1.33 bits per heavy atom. The van der Waals surface area contributed by atoms with Crippen molar-refractivity contribution in [2.45, 2.75) is 45.6 Å². The van der Waals surface area contributed by atoms with Gasteiger partial charge >= 0.3 is 0 Å². The lowest BCUT2D eigenvalue weighted by atomic mass is 10.1. The molecule has 0 aromatic rings. The third kappa shape index (κ3) is 8.41. The van der Waals surface area contributed by atoms with Gasteiger partial charge in [-0.3, -0.25) is 0 Å². The minimum Gasteiger partial charge on any atom is -0.314 e. The van der Waals surface area contributed by atoms with Crippen molar-refractivity contribution in [2.24, 2.45) is 0 Å². The number of unbranched alkanes of at least 4 members (excludes halogenated alkanes) is 1. The minimum absolute atomic E-state index is 0.715. The first-order valence-corrected chi connectivity index (χ1v) is 6.43. The van der Waals surface area contributed by atoms with E-state index < -0.39 is 0 Å². The molecule has 0 fully saturated rings. The van der Waals surface area contributed by atoms with Gasteiger partial charge in [-0.1, -0.05) is 19.8 Å². The molecule has 0 saturated carbocycles. The van der Waals surface area contributed by atoms with E-state index in [9.17, 15) is 0 Å². The summed E-state index contributed by atoms with van der Waals surface area (Å²) >= 11 is 1.93. The summed E-state index contributed by atoms with van der Waals surface area (Å²) in [4.78, 5) is 0. The van der Waals surface area contributed by atoms with Crippen LogP contribution in [0.5, 0.6) is 0 Å². The van der Waals surface area contributed by atoms with Crippen LogP contribution in [0.15, 0.2) is 0 Å². The summed E-state index contributed by atoms with van der Waals surface area (Å²) in [6, 6.07) is 0.715. The van der Waals surface area contributed by atoms with Gasteiger partial charge in [-0.05, 0) is 38.3 Å². The Morgan fingerprint density at radius 2 is 2.08 bits per heavy atom. The van der Waals surface area contributed by atoms with Gasteiger partial charge in [0.05, 0.1) is 0 Å². The molecule has 74 valence electrons. The third-order valence-corrected chi connectivity index (χ3v) is 2.71. The second-order valence-corrected chi connectivity index (χ2v) is 4.33. The van der Waals surface area contributed by atoms with E-state index in [-0.39, 0.29) is 0 Å². The van der Waals surface area contributed by atoms with Gasteiger partial charge in [-0.15, -0.1) is 0 Å². The van der Waals surface area contributed by atoms with E-state index in [2.05, 4.69) is 25.4 Å². The molecule has 1 atom stereocenters. The average molecular weight is 189 g/mol. The predicted octanol–water partition coefficient (Wildman–Crippen LogP) is 2.91. The molecule has 1 nitrogen and oxygen atoms in total. The molecule has 0 aliphatic heterocycles. The van der Waals surface area contributed by atoms with Gasteiger partial charge in [0.2, 0.25) is 0 Å². The second kappa shape index (κ2) is 9.40. The molecule has 0 amide bonds. The predicted molar refractivity (Wildman–Crippen MR) is 60.0 cm³/mol. The normalized spacial score (nSPS) is 13.2. The fraction of sp³-hybridized carbons (Fsp3) is 1.00. The van der Waals surface area contributed by atoms with Gasteiger partial charge < -0.3 is 5.32 Å². The van der Waals surface area contributed by atoms with Crippen LogP contribution in [0.3, 0.4) is 0 Å². The van der Waals surface area contributed by atoms with Crippen molar-refractivity contribution in [3.8, 4) is 0 Å². The average Bonchev–Trinajstić information content (AvgIpc) is 2.09. The fourth-order valence-electron chi connectivity index (χ4n) is 1.18. The van der Waals surface area contributed by atoms with Crippen molar-refractivity contribution < 1.29 is 0 Å². The highest BCUT2D eigenvalue weighted by Gasteiger charge is 1.98. The third-order valence-electron chi connectivity index (χ3n) is 2.01. The molecular formula is C10H23NS. The van der Waals surface area contributed by atoms with Gasteiger partial charge in [-0.2, -0.15) is 11.8 Å². The van der Waals surface area contributed by atoms with Crippen molar-refractivity contribution in [2.75, 3.05) is 18.6 Å². The van der Waals surface area contributed by atoms with Gasteiger partial charge in [0.25, 0.3) is 0 Å². The van der Waals surface area contributed by atoms with E-state index in [0.29, 0.717) is 6.04 Å². The maximum absolute atomic E-state index is 3.54. The maximum Gasteiger partial charge on any atom is 0.00387 e. The topological polar surface area (TPSA) is 12.0 Å². The molecule has 0 heterocycles. The van der Waals surface area contributed by atoms with Gasteiger partial charge in [-0.25, -0.2) is 0 Å². The van der Waals surface area contributed by atoms with Crippen molar-refractivity contribution in [1.29, 1.82) is 0 Å². The Hall–Kier alpha value is 0.310. The molecule has 0 aromatic heterocycles. The molecule has 0 spiro atoms. The maximum atomic E-state index is 3.54. The van der Waals surface area contributed by atoms with Crippen molar-refractivity contribution in [1.82, 2.24) is 5.32 Å². The molecule has 0 aliphatic carbocycles. The van der Waals surface area contributed by atoms with Gasteiger partial charge in [0.15, 0.2) is 0 Å². The molecule has 0 aliphatic rings. The fourth-order valence-corrected chi connectivity index (χ4v) is 1.61. The highest BCUT2D eigenvalue weighted by molar-refractivity contribution is 7.98. The zero-order chi connectivity index (χ0) is 9.23. The summed E-state index contributed by atoms with van der Waals surface area (Å²) in [6.45, 7) is 5.72. The Bertz CT molecular complexity index is 85.9. The van der Waals surface area contributed by atoms with Crippen molar-refractivity contribution >= 4 is 11.8 Å². The zero-order valence-corrected chi connectivity index (χ0v) is 9.54. The zero-order valence-electron chi connectivity index (χ0n) is 8.73. The Labute approximate surface area is 81.7 Å². The molecule has 0 aromatic carbocycles.